The Hall–Kier alpha value is -1.72. The van der Waals surface area contributed by atoms with Gasteiger partial charge >= 0.3 is 0 Å². The van der Waals surface area contributed by atoms with Crippen LogP contribution in [-0.2, 0) is 13.1 Å². The molecule has 2 N–H and O–H groups in total. The third-order valence-electron chi connectivity index (χ3n) is 4.76. The molecule has 1 aromatic heterocycles. The summed E-state index contributed by atoms with van der Waals surface area (Å²) in [5.74, 6) is -0.165. The van der Waals surface area contributed by atoms with Gasteiger partial charge in [-0.3, -0.25) is 10.00 Å². The van der Waals surface area contributed by atoms with Crippen LogP contribution < -0.4 is 5.32 Å². The van der Waals surface area contributed by atoms with Gasteiger partial charge in [-0.1, -0.05) is 12.1 Å². The number of halogens is 1. The van der Waals surface area contributed by atoms with Crippen molar-refractivity contribution < 1.29 is 4.39 Å². The summed E-state index contributed by atoms with van der Waals surface area (Å²) in [4.78, 5) is 2.44. The molecule has 2 aromatic rings. The Kier molecular flexibility index (Phi) is 5.08. The number of piperidine rings is 1. The second kappa shape index (κ2) is 7.23. The molecule has 0 radical (unpaired) electrons. The van der Waals surface area contributed by atoms with E-state index < -0.39 is 0 Å². The predicted molar refractivity (Wildman–Crippen MR) is 89.6 cm³/mol. The topological polar surface area (TPSA) is 44.0 Å². The first-order chi connectivity index (χ1) is 11.1. The van der Waals surface area contributed by atoms with E-state index in [2.05, 4.69) is 27.3 Å². The van der Waals surface area contributed by atoms with Gasteiger partial charge in [0.2, 0.25) is 0 Å². The van der Waals surface area contributed by atoms with Crippen molar-refractivity contribution >= 4 is 0 Å². The third-order valence-corrected chi connectivity index (χ3v) is 4.76. The molecule has 0 spiro atoms. The van der Waals surface area contributed by atoms with E-state index in [1.165, 1.54) is 11.1 Å². The molecule has 3 rings (SSSR count). The number of hydrogen-bond acceptors (Lipinski definition) is 3. The molecule has 0 bridgehead atoms. The summed E-state index contributed by atoms with van der Waals surface area (Å²) in [6, 6.07) is 7.40. The van der Waals surface area contributed by atoms with Gasteiger partial charge < -0.3 is 5.32 Å². The largest absolute Gasteiger partial charge is 0.310 e. The summed E-state index contributed by atoms with van der Waals surface area (Å²) < 4.78 is 12.9. The third kappa shape index (κ3) is 4.18. The summed E-state index contributed by atoms with van der Waals surface area (Å²) in [5, 5.41) is 10.9. The van der Waals surface area contributed by atoms with Crippen molar-refractivity contribution in [3.05, 3.63) is 52.6 Å². The minimum Gasteiger partial charge on any atom is -0.310 e. The molecule has 1 aliphatic heterocycles. The van der Waals surface area contributed by atoms with Crippen LogP contribution in [-0.4, -0.2) is 34.2 Å². The summed E-state index contributed by atoms with van der Waals surface area (Å²) in [6.07, 6.45) is 2.30. The van der Waals surface area contributed by atoms with Crippen LogP contribution in [0.5, 0.6) is 0 Å². The predicted octanol–water partition coefficient (Wildman–Crippen LogP) is 2.92. The zero-order chi connectivity index (χ0) is 16.2. The van der Waals surface area contributed by atoms with Gasteiger partial charge in [0.1, 0.15) is 5.82 Å². The Balaban J connectivity index is 1.44. The molecule has 2 heterocycles. The van der Waals surface area contributed by atoms with Crippen LogP contribution in [0.3, 0.4) is 0 Å². The van der Waals surface area contributed by atoms with Gasteiger partial charge in [-0.2, -0.15) is 5.10 Å². The number of aromatic amines is 1. The average Bonchev–Trinajstić information content (AvgIpc) is 2.88. The summed E-state index contributed by atoms with van der Waals surface area (Å²) >= 11 is 0. The van der Waals surface area contributed by atoms with Gasteiger partial charge in [0, 0.05) is 30.4 Å². The zero-order valence-corrected chi connectivity index (χ0v) is 13.9. The fraction of sp³-hybridized carbons (Fsp3) is 0.500. The summed E-state index contributed by atoms with van der Waals surface area (Å²) in [7, 11) is 0. The van der Waals surface area contributed by atoms with Crippen LogP contribution >= 0.6 is 0 Å². The molecular formula is C18H25FN4. The maximum atomic E-state index is 12.9. The fourth-order valence-corrected chi connectivity index (χ4v) is 3.22. The van der Waals surface area contributed by atoms with Crippen LogP contribution in [0.2, 0.25) is 0 Å². The lowest BCUT2D eigenvalue weighted by Gasteiger charge is -2.32. The van der Waals surface area contributed by atoms with Crippen LogP contribution in [0, 0.1) is 19.7 Å². The number of nitrogens with one attached hydrogen (secondary N) is 2. The Morgan fingerprint density at radius 1 is 1.22 bits per heavy atom. The van der Waals surface area contributed by atoms with Gasteiger partial charge in [-0.05, 0) is 57.5 Å². The number of H-pyrrole nitrogens is 1. The minimum atomic E-state index is -0.165. The summed E-state index contributed by atoms with van der Waals surface area (Å²) in [5.41, 5.74) is 4.72. The van der Waals surface area contributed by atoms with Crippen molar-refractivity contribution in [2.24, 2.45) is 0 Å². The first kappa shape index (κ1) is 16.1. The molecular weight excluding hydrogens is 291 g/mol. The Bertz CT molecular complexity index is 607. The minimum absolute atomic E-state index is 0.165. The van der Waals surface area contributed by atoms with Crippen molar-refractivity contribution in [1.29, 1.82) is 0 Å². The van der Waals surface area contributed by atoms with E-state index in [0.717, 1.165) is 50.4 Å². The number of aryl methyl sites for hydroxylation is 2. The highest BCUT2D eigenvalue weighted by Crippen LogP contribution is 2.16. The highest BCUT2D eigenvalue weighted by molar-refractivity contribution is 5.22. The van der Waals surface area contributed by atoms with Crippen LogP contribution in [0.1, 0.15) is 35.4 Å². The lowest BCUT2D eigenvalue weighted by Crippen LogP contribution is -2.41. The van der Waals surface area contributed by atoms with E-state index in [0.29, 0.717) is 6.04 Å². The van der Waals surface area contributed by atoms with Crippen molar-refractivity contribution in [1.82, 2.24) is 20.4 Å². The fourth-order valence-electron chi connectivity index (χ4n) is 3.22. The van der Waals surface area contributed by atoms with E-state index >= 15 is 0 Å². The molecule has 0 amide bonds. The van der Waals surface area contributed by atoms with E-state index in [4.69, 9.17) is 0 Å². The SMILES string of the molecule is Cc1n[nH]c(C)c1CNC1CCN(Cc2ccc(F)cc2)CC1. The Morgan fingerprint density at radius 3 is 2.52 bits per heavy atom. The number of likely N-dealkylation sites (tertiary alicyclic amines) is 1. The first-order valence-corrected chi connectivity index (χ1v) is 8.32. The normalized spacial score (nSPS) is 16.8. The molecule has 1 fully saturated rings. The van der Waals surface area contributed by atoms with Crippen LogP contribution in [0.15, 0.2) is 24.3 Å². The lowest BCUT2D eigenvalue weighted by atomic mass is 10.0. The highest BCUT2D eigenvalue weighted by Gasteiger charge is 2.19. The maximum Gasteiger partial charge on any atom is 0.123 e. The second-order valence-corrected chi connectivity index (χ2v) is 6.47. The molecule has 23 heavy (non-hydrogen) atoms. The van der Waals surface area contributed by atoms with Crippen LogP contribution in [0.25, 0.3) is 0 Å². The highest BCUT2D eigenvalue weighted by atomic mass is 19.1. The monoisotopic (exact) mass is 316 g/mol. The molecule has 1 saturated heterocycles. The Morgan fingerprint density at radius 2 is 1.91 bits per heavy atom. The van der Waals surface area contributed by atoms with E-state index in [9.17, 15) is 4.39 Å². The smallest absolute Gasteiger partial charge is 0.123 e. The van der Waals surface area contributed by atoms with Gasteiger partial charge in [0.15, 0.2) is 0 Å². The van der Waals surface area contributed by atoms with Gasteiger partial charge in [-0.15, -0.1) is 0 Å². The van der Waals surface area contributed by atoms with Gasteiger partial charge in [0.25, 0.3) is 0 Å². The number of benzene rings is 1. The molecule has 5 heteroatoms. The molecule has 1 aliphatic rings. The molecule has 1 aromatic carbocycles. The molecule has 0 aliphatic carbocycles. The van der Waals surface area contributed by atoms with Crippen molar-refractivity contribution in [3.63, 3.8) is 0 Å². The molecule has 124 valence electrons. The Labute approximate surface area is 137 Å². The molecule has 0 unspecified atom stereocenters. The zero-order valence-electron chi connectivity index (χ0n) is 13.9. The van der Waals surface area contributed by atoms with Crippen LogP contribution in [0.4, 0.5) is 4.39 Å². The van der Waals surface area contributed by atoms with E-state index in [1.54, 1.807) is 12.1 Å². The number of aromatic nitrogens is 2. The lowest BCUT2D eigenvalue weighted by molar-refractivity contribution is 0.190. The first-order valence-electron chi connectivity index (χ1n) is 8.32. The van der Waals surface area contributed by atoms with Gasteiger partial charge in [-0.25, -0.2) is 4.39 Å². The standard InChI is InChI=1S/C18H25FN4/c1-13-18(14(2)22-21-13)11-20-17-7-9-23(10-8-17)12-15-3-5-16(19)6-4-15/h3-6,17,20H,7-12H2,1-2H3,(H,21,22). The number of nitrogens with zero attached hydrogens (tertiary/aromatic N) is 2. The molecule has 4 nitrogen and oxygen atoms in total. The number of hydrogen-bond donors (Lipinski definition) is 2. The van der Waals surface area contributed by atoms with E-state index in [1.807, 2.05) is 19.1 Å². The van der Waals surface area contributed by atoms with Crippen molar-refractivity contribution in [2.45, 2.75) is 45.8 Å². The summed E-state index contributed by atoms with van der Waals surface area (Å²) in [6.45, 7) is 8.08. The second-order valence-electron chi connectivity index (χ2n) is 6.47. The van der Waals surface area contributed by atoms with Crippen molar-refractivity contribution in [2.75, 3.05) is 13.1 Å². The maximum absolute atomic E-state index is 12.9. The van der Waals surface area contributed by atoms with E-state index in [-0.39, 0.29) is 5.82 Å². The quantitative estimate of drug-likeness (QED) is 0.891. The number of rotatable bonds is 5. The molecule has 0 saturated carbocycles. The average molecular weight is 316 g/mol. The van der Waals surface area contributed by atoms with Gasteiger partial charge in [0.05, 0.1) is 5.69 Å². The molecule has 0 atom stereocenters. The van der Waals surface area contributed by atoms with Crippen molar-refractivity contribution in [3.8, 4) is 0 Å².